The third kappa shape index (κ3) is 5.21. The van der Waals surface area contributed by atoms with Gasteiger partial charge in [-0.3, -0.25) is 9.59 Å². The Balaban J connectivity index is 1.54. The van der Waals surface area contributed by atoms with E-state index in [1.165, 1.54) is 6.08 Å². The van der Waals surface area contributed by atoms with Crippen molar-refractivity contribution in [2.45, 2.75) is 19.4 Å². The normalized spacial score (nSPS) is 16.4. The van der Waals surface area contributed by atoms with Gasteiger partial charge in [-0.25, -0.2) is 0 Å². The second-order valence-electron chi connectivity index (χ2n) is 8.16. The van der Waals surface area contributed by atoms with Crippen molar-refractivity contribution in [3.8, 4) is 0 Å². The number of rotatable bonds is 7. The fourth-order valence-electron chi connectivity index (χ4n) is 4.05. The maximum absolute atomic E-state index is 13.2. The molecule has 2 aromatic rings. The molecule has 5 nitrogen and oxygen atoms in total. The first-order valence-electron chi connectivity index (χ1n) is 11.1. The number of fused-ring (bicyclic) bond motifs is 1. The second-order valence-corrected chi connectivity index (χ2v) is 8.60. The molecule has 0 spiro atoms. The average molecular weight is 472 g/mol. The minimum absolute atomic E-state index is 0.0307. The van der Waals surface area contributed by atoms with Gasteiger partial charge in [0, 0.05) is 35.2 Å². The fraction of sp³-hybridized carbons (Fsp3) is 0.143. The van der Waals surface area contributed by atoms with Gasteiger partial charge in [-0.15, -0.1) is 0 Å². The van der Waals surface area contributed by atoms with Gasteiger partial charge in [-0.1, -0.05) is 54.6 Å². The summed E-state index contributed by atoms with van der Waals surface area (Å²) in [6, 6.07) is 13.2. The molecule has 1 unspecified atom stereocenters. The van der Waals surface area contributed by atoms with Gasteiger partial charge in [0.25, 0.3) is 11.7 Å². The number of ketones is 1. The summed E-state index contributed by atoms with van der Waals surface area (Å²) in [5, 5.41) is 6.68. The summed E-state index contributed by atoms with van der Waals surface area (Å²) >= 11 is 6.01. The molecule has 2 heterocycles. The van der Waals surface area contributed by atoms with Crippen LogP contribution >= 0.6 is 11.6 Å². The van der Waals surface area contributed by atoms with Crippen LogP contribution in [-0.2, 0) is 16.0 Å². The highest BCUT2D eigenvalue weighted by molar-refractivity contribution is 6.47. The topological polar surface area (TPSA) is 61.4 Å². The van der Waals surface area contributed by atoms with E-state index in [0.29, 0.717) is 16.4 Å². The Labute approximate surface area is 204 Å². The first-order valence-corrected chi connectivity index (χ1v) is 11.5. The molecule has 0 saturated carbocycles. The van der Waals surface area contributed by atoms with Crippen LogP contribution in [0.4, 0.5) is 11.4 Å². The van der Waals surface area contributed by atoms with Gasteiger partial charge in [0.1, 0.15) is 0 Å². The highest BCUT2D eigenvalue weighted by Gasteiger charge is 2.25. The number of nitrogens with zero attached hydrogens (tertiary/aromatic N) is 1. The van der Waals surface area contributed by atoms with E-state index in [1.807, 2.05) is 77.9 Å². The van der Waals surface area contributed by atoms with Crippen molar-refractivity contribution in [1.29, 1.82) is 0 Å². The van der Waals surface area contributed by atoms with Gasteiger partial charge in [0.15, 0.2) is 0 Å². The zero-order chi connectivity index (χ0) is 24.1. The lowest BCUT2D eigenvalue weighted by atomic mass is 10.0. The number of carbonyl (C=O) groups is 2. The van der Waals surface area contributed by atoms with Crippen LogP contribution in [-0.4, -0.2) is 29.2 Å². The summed E-state index contributed by atoms with van der Waals surface area (Å²) in [7, 11) is 0. The van der Waals surface area contributed by atoms with E-state index >= 15 is 0 Å². The maximum Gasteiger partial charge on any atom is 0.296 e. The zero-order valence-electron chi connectivity index (χ0n) is 18.9. The zero-order valence-corrected chi connectivity index (χ0v) is 19.7. The minimum Gasteiger partial charge on any atom is -0.381 e. The van der Waals surface area contributed by atoms with Crippen LogP contribution in [0.1, 0.15) is 18.1 Å². The molecule has 0 radical (unpaired) electrons. The van der Waals surface area contributed by atoms with Gasteiger partial charge in [-0.05, 0) is 67.0 Å². The Hall–Kier alpha value is -3.83. The molecule has 0 bridgehead atoms. The largest absolute Gasteiger partial charge is 0.381 e. The van der Waals surface area contributed by atoms with Crippen LogP contribution in [0.5, 0.6) is 0 Å². The molecule has 6 heteroatoms. The lowest BCUT2D eigenvalue weighted by Crippen LogP contribution is -2.33. The van der Waals surface area contributed by atoms with Gasteiger partial charge < -0.3 is 15.5 Å². The number of anilines is 2. The van der Waals surface area contributed by atoms with Crippen molar-refractivity contribution in [3.05, 3.63) is 113 Å². The van der Waals surface area contributed by atoms with Crippen molar-refractivity contribution in [3.63, 3.8) is 0 Å². The molecule has 2 aliphatic heterocycles. The average Bonchev–Trinajstić information content (AvgIpc) is 2.86. The van der Waals surface area contributed by atoms with E-state index in [-0.39, 0.29) is 11.6 Å². The number of allylic oxidation sites excluding steroid dienone is 4. The highest BCUT2D eigenvalue weighted by Crippen LogP contribution is 2.26. The second kappa shape index (κ2) is 10.4. The van der Waals surface area contributed by atoms with Crippen molar-refractivity contribution in [2.75, 3.05) is 17.2 Å². The quantitative estimate of drug-likeness (QED) is 0.399. The van der Waals surface area contributed by atoms with Crippen LogP contribution in [0.3, 0.4) is 0 Å². The molecule has 2 aliphatic rings. The van der Waals surface area contributed by atoms with E-state index in [0.717, 1.165) is 29.8 Å². The molecule has 1 atom stereocenters. The smallest absolute Gasteiger partial charge is 0.296 e. The summed E-state index contributed by atoms with van der Waals surface area (Å²) in [5.41, 5.74) is 4.52. The third-order valence-electron chi connectivity index (χ3n) is 5.76. The SMILES string of the molecule is C=C/C(C(=O)C(=O)Nc1ccc2c(c1)C=CCN2)=C1/C=CC=CN1C(C)Cc1ccc(Cl)cc1. The monoisotopic (exact) mass is 471 g/mol. The van der Waals surface area contributed by atoms with Crippen molar-refractivity contribution in [2.24, 2.45) is 0 Å². The molecule has 2 N–H and O–H groups in total. The first-order chi connectivity index (χ1) is 16.5. The molecular formula is C28H26ClN3O2. The molecule has 0 fully saturated rings. The fourth-order valence-corrected chi connectivity index (χ4v) is 4.17. The van der Waals surface area contributed by atoms with E-state index in [2.05, 4.69) is 24.1 Å². The van der Waals surface area contributed by atoms with Gasteiger partial charge in [-0.2, -0.15) is 0 Å². The summed E-state index contributed by atoms with van der Waals surface area (Å²) in [6.45, 7) is 6.65. The molecule has 1 amide bonds. The Morgan fingerprint density at radius 1 is 1.18 bits per heavy atom. The Morgan fingerprint density at radius 3 is 2.74 bits per heavy atom. The van der Waals surface area contributed by atoms with Crippen LogP contribution in [0, 0.1) is 0 Å². The summed E-state index contributed by atoms with van der Waals surface area (Å²) in [6.07, 6.45) is 13.7. The molecule has 0 aliphatic carbocycles. The Kier molecular flexibility index (Phi) is 7.14. The Bertz CT molecular complexity index is 1240. The lowest BCUT2D eigenvalue weighted by molar-refractivity contribution is -0.132. The van der Waals surface area contributed by atoms with Crippen LogP contribution in [0.25, 0.3) is 6.08 Å². The molecule has 172 valence electrons. The van der Waals surface area contributed by atoms with Crippen LogP contribution < -0.4 is 10.6 Å². The number of halogens is 1. The number of hydrogen-bond acceptors (Lipinski definition) is 4. The van der Waals surface area contributed by atoms with E-state index in [9.17, 15) is 9.59 Å². The van der Waals surface area contributed by atoms with Crippen LogP contribution in [0.15, 0.2) is 96.9 Å². The van der Waals surface area contributed by atoms with Crippen molar-refractivity contribution in [1.82, 2.24) is 4.90 Å². The number of Topliss-reactive ketones (excluding diaryl/α,β-unsaturated/α-hetero) is 1. The summed E-state index contributed by atoms with van der Waals surface area (Å²) in [5.74, 6) is -1.34. The number of carbonyl (C=O) groups excluding carboxylic acids is 2. The molecule has 0 saturated heterocycles. The first kappa shape index (κ1) is 23.3. The molecule has 34 heavy (non-hydrogen) atoms. The standard InChI is InChI=1S/C28H26ClN3O2/c1-3-24(27(33)28(34)31-23-13-14-25-21(18-23)7-6-15-30-25)26-8-4-5-16-32(26)19(2)17-20-9-11-22(29)12-10-20/h3-14,16,18-19,30H,1,15,17H2,2H3,(H,31,34)/b26-24+. The van der Waals surface area contributed by atoms with Crippen molar-refractivity contribution < 1.29 is 9.59 Å². The maximum atomic E-state index is 13.2. The number of amides is 1. The minimum atomic E-state index is -0.705. The Morgan fingerprint density at radius 2 is 1.97 bits per heavy atom. The van der Waals surface area contributed by atoms with E-state index < -0.39 is 11.7 Å². The van der Waals surface area contributed by atoms with Crippen molar-refractivity contribution >= 4 is 40.7 Å². The predicted molar refractivity (Wildman–Crippen MR) is 140 cm³/mol. The molecule has 2 aromatic carbocycles. The highest BCUT2D eigenvalue weighted by atomic mass is 35.5. The lowest BCUT2D eigenvalue weighted by Gasteiger charge is -2.31. The van der Waals surface area contributed by atoms with E-state index in [1.54, 1.807) is 6.07 Å². The molecular weight excluding hydrogens is 446 g/mol. The molecule has 0 aromatic heterocycles. The van der Waals surface area contributed by atoms with Gasteiger partial charge in [0.2, 0.25) is 0 Å². The van der Waals surface area contributed by atoms with Crippen LogP contribution in [0.2, 0.25) is 5.02 Å². The summed E-state index contributed by atoms with van der Waals surface area (Å²) < 4.78 is 0. The number of nitrogens with one attached hydrogen (secondary N) is 2. The predicted octanol–water partition coefficient (Wildman–Crippen LogP) is 5.74. The molecule has 4 rings (SSSR count). The van der Waals surface area contributed by atoms with E-state index in [4.69, 9.17) is 11.6 Å². The number of benzene rings is 2. The third-order valence-corrected chi connectivity index (χ3v) is 6.01. The van der Waals surface area contributed by atoms with Gasteiger partial charge in [0.05, 0.1) is 11.3 Å². The van der Waals surface area contributed by atoms with Gasteiger partial charge >= 0.3 is 0 Å². The number of hydrogen-bond donors (Lipinski definition) is 2. The summed E-state index contributed by atoms with van der Waals surface area (Å²) in [4.78, 5) is 28.0.